The molecule has 0 saturated carbocycles. The van der Waals surface area contributed by atoms with Gasteiger partial charge in [-0.2, -0.15) is 0 Å². The van der Waals surface area contributed by atoms with Crippen LogP contribution in [0.5, 0.6) is 0 Å². The number of benzene rings is 2. The second-order valence-electron chi connectivity index (χ2n) is 5.42. The molecule has 1 aromatic heterocycles. The number of hydrogen-bond acceptors (Lipinski definition) is 5. The van der Waals surface area contributed by atoms with E-state index in [0.29, 0.717) is 11.1 Å². The Balaban J connectivity index is 1.84. The van der Waals surface area contributed by atoms with Crippen molar-refractivity contribution in [1.82, 2.24) is 10.6 Å². The number of aryl methyl sites for hydroxylation is 1. The molecule has 0 aliphatic heterocycles. The predicted molar refractivity (Wildman–Crippen MR) is 91.3 cm³/mol. The Morgan fingerprint density at radius 3 is 2.60 bits per heavy atom. The van der Waals surface area contributed by atoms with Gasteiger partial charge in [0.25, 0.3) is 5.91 Å². The van der Waals surface area contributed by atoms with Crippen molar-refractivity contribution in [3.8, 4) is 0 Å². The summed E-state index contributed by atoms with van der Waals surface area (Å²) < 4.78 is 10.7. The van der Waals surface area contributed by atoms with Crippen LogP contribution in [0.4, 0.5) is 4.79 Å². The molecule has 128 valence electrons. The first-order valence-corrected chi connectivity index (χ1v) is 7.61. The van der Waals surface area contributed by atoms with Crippen molar-refractivity contribution in [3.63, 3.8) is 0 Å². The lowest BCUT2D eigenvalue weighted by molar-refractivity contribution is -0.123. The molecule has 0 unspecified atom stereocenters. The van der Waals surface area contributed by atoms with E-state index in [1.54, 1.807) is 6.92 Å². The Labute approximate surface area is 142 Å². The summed E-state index contributed by atoms with van der Waals surface area (Å²) in [6.45, 7) is 1.17. The number of nitrogens with one attached hydrogen (secondary N) is 2. The molecule has 0 bridgehead atoms. The largest absolute Gasteiger partial charge is 0.450 e. The van der Waals surface area contributed by atoms with Crippen LogP contribution in [0.2, 0.25) is 0 Å². The van der Waals surface area contributed by atoms with Crippen LogP contribution in [-0.4, -0.2) is 31.6 Å². The Hall–Kier alpha value is -3.35. The maximum atomic E-state index is 12.2. The van der Waals surface area contributed by atoms with Gasteiger partial charge in [0.15, 0.2) is 6.61 Å². The maximum absolute atomic E-state index is 12.2. The molecule has 0 atom stereocenters. The van der Waals surface area contributed by atoms with Gasteiger partial charge in [-0.15, -0.1) is 0 Å². The lowest BCUT2D eigenvalue weighted by Gasteiger charge is -2.04. The smallest absolute Gasteiger partial charge is 0.375 e. The Kier molecular flexibility index (Phi) is 4.38. The number of rotatable bonds is 3. The summed E-state index contributed by atoms with van der Waals surface area (Å²) >= 11 is 0. The fourth-order valence-corrected chi connectivity index (χ4v) is 2.57. The van der Waals surface area contributed by atoms with Crippen LogP contribution in [0, 0.1) is 6.92 Å². The Morgan fingerprint density at radius 1 is 1.08 bits per heavy atom. The molecule has 0 aliphatic carbocycles. The van der Waals surface area contributed by atoms with E-state index in [4.69, 9.17) is 9.15 Å². The number of ether oxygens (including phenoxy) is 1. The lowest BCUT2D eigenvalue weighted by Crippen LogP contribution is -2.39. The first kappa shape index (κ1) is 16.5. The van der Waals surface area contributed by atoms with Gasteiger partial charge in [0.2, 0.25) is 5.76 Å². The zero-order valence-electron chi connectivity index (χ0n) is 13.7. The average molecular weight is 340 g/mol. The highest BCUT2D eigenvalue weighted by molar-refractivity contribution is 6.08. The van der Waals surface area contributed by atoms with Crippen LogP contribution in [0.3, 0.4) is 0 Å². The van der Waals surface area contributed by atoms with Crippen LogP contribution in [0.1, 0.15) is 16.1 Å². The number of esters is 1. The summed E-state index contributed by atoms with van der Waals surface area (Å²) in [6.07, 6.45) is 0. The van der Waals surface area contributed by atoms with Crippen molar-refractivity contribution in [3.05, 3.63) is 47.7 Å². The fraction of sp³-hybridized carbons (Fsp3) is 0.167. The molecule has 0 radical (unpaired) electrons. The van der Waals surface area contributed by atoms with Gasteiger partial charge in [0.1, 0.15) is 5.58 Å². The van der Waals surface area contributed by atoms with Gasteiger partial charge in [0, 0.05) is 23.4 Å². The summed E-state index contributed by atoms with van der Waals surface area (Å²) in [5.74, 6) is -1.45. The normalized spacial score (nSPS) is 10.6. The van der Waals surface area contributed by atoms with Crippen LogP contribution in [-0.2, 0) is 9.53 Å². The molecule has 3 aromatic rings. The van der Waals surface area contributed by atoms with Gasteiger partial charge in [-0.25, -0.2) is 9.59 Å². The van der Waals surface area contributed by atoms with Crippen LogP contribution in [0.15, 0.2) is 40.8 Å². The van der Waals surface area contributed by atoms with Crippen LogP contribution in [0.25, 0.3) is 21.7 Å². The monoisotopic (exact) mass is 340 g/mol. The molecule has 0 saturated heterocycles. The van der Waals surface area contributed by atoms with E-state index in [2.05, 4.69) is 5.32 Å². The summed E-state index contributed by atoms with van der Waals surface area (Å²) in [7, 11) is 1.37. The number of fused-ring (bicyclic) bond motifs is 3. The molecule has 25 heavy (non-hydrogen) atoms. The molecule has 7 nitrogen and oxygen atoms in total. The van der Waals surface area contributed by atoms with Crippen LogP contribution < -0.4 is 10.6 Å². The number of carbonyl (C=O) groups excluding carboxylic acids is 3. The number of furan rings is 1. The number of amides is 3. The molecular formula is C18H16N2O5. The van der Waals surface area contributed by atoms with Gasteiger partial charge < -0.3 is 14.5 Å². The third-order valence-corrected chi connectivity index (χ3v) is 3.83. The number of urea groups is 1. The minimum absolute atomic E-state index is 0.0408. The third-order valence-electron chi connectivity index (χ3n) is 3.83. The Bertz CT molecular complexity index is 990. The highest BCUT2D eigenvalue weighted by Gasteiger charge is 2.21. The van der Waals surface area contributed by atoms with E-state index in [0.717, 1.165) is 16.2 Å². The van der Waals surface area contributed by atoms with Gasteiger partial charge in [-0.1, -0.05) is 36.4 Å². The second kappa shape index (κ2) is 6.64. The zero-order valence-corrected chi connectivity index (χ0v) is 13.7. The standard InChI is InChI=1S/C18H16N2O5/c1-10-12-8-7-11-5-3-4-6-13(11)16(12)25-15(10)17(22)24-9-14(21)20-18(23)19-2/h3-8H,9H2,1-2H3,(H2,19,20,21,23). The first-order chi connectivity index (χ1) is 12.0. The van der Waals surface area contributed by atoms with Crippen molar-refractivity contribution in [2.75, 3.05) is 13.7 Å². The van der Waals surface area contributed by atoms with Crippen molar-refractivity contribution in [2.45, 2.75) is 6.92 Å². The summed E-state index contributed by atoms with van der Waals surface area (Å²) in [5, 5.41) is 6.92. The van der Waals surface area contributed by atoms with Gasteiger partial charge in [-0.05, 0) is 12.3 Å². The number of carbonyl (C=O) groups is 3. The van der Waals surface area contributed by atoms with Gasteiger partial charge in [-0.3, -0.25) is 10.1 Å². The zero-order chi connectivity index (χ0) is 18.0. The summed E-state index contributed by atoms with van der Waals surface area (Å²) in [6, 6.07) is 10.8. The molecule has 1 heterocycles. The quantitative estimate of drug-likeness (QED) is 0.714. The van der Waals surface area contributed by atoms with Crippen molar-refractivity contribution < 1.29 is 23.5 Å². The van der Waals surface area contributed by atoms with Crippen LogP contribution >= 0.6 is 0 Å². The Morgan fingerprint density at radius 2 is 1.84 bits per heavy atom. The van der Waals surface area contributed by atoms with E-state index >= 15 is 0 Å². The molecule has 0 aliphatic rings. The summed E-state index contributed by atoms with van der Waals surface area (Å²) in [4.78, 5) is 34.8. The molecule has 3 rings (SSSR count). The maximum Gasteiger partial charge on any atom is 0.375 e. The van der Waals surface area contributed by atoms with E-state index in [9.17, 15) is 14.4 Å². The second-order valence-corrected chi connectivity index (χ2v) is 5.42. The molecule has 0 fully saturated rings. The third kappa shape index (κ3) is 3.16. The highest BCUT2D eigenvalue weighted by Crippen LogP contribution is 2.31. The number of hydrogen-bond donors (Lipinski definition) is 2. The van der Waals surface area contributed by atoms with E-state index in [1.807, 2.05) is 41.7 Å². The lowest BCUT2D eigenvalue weighted by atomic mass is 10.1. The minimum Gasteiger partial charge on any atom is -0.450 e. The minimum atomic E-state index is -0.759. The SMILES string of the molecule is CNC(=O)NC(=O)COC(=O)c1oc2c(ccc3ccccc32)c1C. The number of imide groups is 1. The molecule has 2 N–H and O–H groups in total. The topological polar surface area (TPSA) is 97.6 Å². The molecule has 2 aromatic carbocycles. The van der Waals surface area contributed by atoms with Crippen molar-refractivity contribution in [2.24, 2.45) is 0 Å². The molecule has 7 heteroatoms. The van der Waals surface area contributed by atoms with E-state index in [-0.39, 0.29) is 5.76 Å². The van der Waals surface area contributed by atoms with Crippen molar-refractivity contribution in [1.29, 1.82) is 0 Å². The fourth-order valence-electron chi connectivity index (χ4n) is 2.57. The highest BCUT2D eigenvalue weighted by atomic mass is 16.5. The molecule has 3 amide bonds. The van der Waals surface area contributed by atoms with Gasteiger partial charge in [0.05, 0.1) is 0 Å². The van der Waals surface area contributed by atoms with Gasteiger partial charge >= 0.3 is 12.0 Å². The average Bonchev–Trinajstić information content (AvgIpc) is 2.97. The van der Waals surface area contributed by atoms with E-state index < -0.39 is 24.5 Å². The summed E-state index contributed by atoms with van der Waals surface area (Å²) in [5.41, 5.74) is 1.23. The molecule has 0 spiro atoms. The van der Waals surface area contributed by atoms with E-state index in [1.165, 1.54) is 7.05 Å². The van der Waals surface area contributed by atoms with Crippen molar-refractivity contribution >= 4 is 39.6 Å². The predicted octanol–water partition coefficient (Wildman–Crippen LogP) is 2.51. The molecular weight excluding hydrogens is 324 g/mol. The first-order valence-electron chi connectivity index (χ1n) is 7.61.